The number of nitrogens with one attached hydrogen (secondary N) is 1. The van der Waals surface area contributed by atoms with Crippen molar-refractivity contribution in [3.63, 3.8) is 0 Å². The van der Waals surface area contributed by atoms with E-state index < -0.39 is 0 Å². The summed E-state index contributed by atoms with van der Waals surface area (Å²) in [5.74, 6) is 1.08. The first-order valence-corrected chi connectivity index (χ1v) is 11.5. The first kappa shape index (κ1) is 24.5. The van der Waals surface area contributed by atoms with Crippen molar-refractivity contribution in [2.75, 3.05) is 25.6 Å². The van der Waals surface area contributed by atoms with Gasteiger partial charge in [0, 0.05) is 38.3 Å². The van der Waals surface area contributed by atoms with Gasteiger partial charge in [0.15, 0.2) is 5.65 Å². The molecule has 0 saturated heterocycles. The van der Waals surface area contributed by atoms with Gasteiger partial charge in [-0.05, 0) is 54.6 Å². The maximum Gasteiger partial charge on any atom is 0.278 e. The minimum atomic E-state index is -0.310. The number of aromatic nitrogens is 3. The number of rotatable bonds is 7. The SMILES string of the molecule is COc1ccc(-c2nc3ccc(N(C)c4ccc(Cl)c(Cl)c4)nc3n(CCNC(C)=O)c2=O)cc1. The minimum absolute atomic E-state index is 0.181. The zero-order valence-corrected chi connectivity index (χ0v) is 20.9. The monoisotopic (exact) mass is 511 g/mol. The predicted molar refractivity (Wildman–Crippen MR) is 139 cm³/mol. The molecule has 35 heavy (non-hydrogen) atoms. The molecule has 0 unspecified atom stereocenters. The van der Waals surface area contributed by atoms with E-state index in [9.17, 15) is 9.59 Å². The highest BCUT2D eigenvalue weighted by Crippen LogP contribution is 2.30. The number of hydrogen-bond acceptors (Lipinski definition) is 6. The van der Waals surface area contributed by atoms with Crippen LogP contribution in [0.2, 0.25) is 10.0 Å². The van der Waals surface area contributed by atoms with Gasteiger partial charge in [-0.25, -0.2) is 9.97 Å². The van der Waals surface area contributed by atoms with Gasteiger partial charge in [0.05, 0.1) is 17.2 Å². The molecule has 0 bridgehead atoms. The lowest BCUT2D eigenvalue weighted by Gasteiger charge is -2.20. The third kappa shape index (κ3) is 5.23. The lowest BCUT2D eigenvalue weighted by molar-refractivity contribution is -0.118. The minimum Gasteiger partial charge on any atom is -0.497 e. The van der Waals surface area contributed by atoms with Crippen LogP contribution in [-0.4, -0.2) is 41.1 Å². The van der Waals surface area contributed by atoms with E-state index in [1.165, 1.54) is 11.5 Å². The summed E-state index contributed by atoms with van der Waals surface area (Å²) in [6.07, 6.45) is 0. The number of halogens is 2. The molecule has 2 aromatic carbocycles. The van der Waals surface area contributed by atoms with Gasteiger partial charge in [-0.15, -0.1) is 0 Å². The molecule has 10 heteroatoms. The highest BCUT2D eigenvalue weighted by molar-refractivity contribution is 6.42. The van der Waals surface area contributed by atoms with Crippen LogP contribution in [-0.2, 0) is 11.3 Å². The number of amides is 1. The number of fused-ring (bicyclic) bond motifs is 1. The molecular weight excluding hydrogens is 489 g/mol. The quantitative estimate of drug-likeness (QED) is 0.387. The molecule has 0 aliphatic rings. The van der Waals surface area contributed by atoms with E-state index in [-0.39, 0.29) is 30.2 Å². The number of pyridine rings is 1. The van der Waals surface area contributed by atoms with Crippen LogP contribution in [0.1, 0.15) is 6.92 Å². The van der Waals surface area contributed by atoms with Crippen LogP contribution < -0.4 is 20.5 Å². The van der Waals surface area contributed by atoms with Crippen molar-refractivity contribution in [1.29, 1.82) is 0 Å². The number of carbonyl (C=O) groups is 1. The van der Waals surface area contributed by atoms with Gasteiger partial charge >= 0.3 is 0 Å². The molecule has 2 aromatic heterocycles. The molecule has 0 aliphatic carbocycles. The number of methoxy groups -OCH3 is 1. The van der Waals surface area contributed by atoms with E-state index in [4.69, 9.17) is 32.9 Å². The Morgan fingerprint density at radius 2 is 1.80 bits per heavy atom. The van der Waals surface area contributed by atoms with E-state index in [0.717, 1.165) is 5.69 Å². The van der Waals surface area contributed by atoms with Crippen LogP contribution in [0.15, 0.2) is 59.4 Å². The van der Waals surface area contributed by atoms with Gasteiger partial charge in [0.1, 0.15) is 22.8 Å². The van der Waals surface area contributed by atoms with Gasteiger partial charge in [-0.2, -0.15) is 0 Å². The number of nitrogens with zero attached hydrogens (tertiary/aromatic N) is 4. The summed E-state index contributed by atoms with van der Waals surface area (Å²) in [7, 11) is 3.42. The van der Waals surface area contributed by atoms with Gasteiger partial charge in [-0.3, -0.25) is 14.2 Å². The average Bonchev–Trinajstić information content (AvgIpc) is 2.86. The van der Waals surface area contributed by atoms with Gasteiger partial charge in [0.25, 0.3) is 5.56 Å². The topological polar surface area (TPSA) is 89.3 Å². The van der Waals surface area contributed by atoms with Crippen LogP contribution in [0.25, 0.3) is 22.4 Å². The van der Waals surface area contributed by atoms with Gasteiger partial charge in [0.2, 0.25) is 5.91 Å². The molecule has 180 valence electrons. The molecular formula is C25H23Cl2N5O3. The van der Waals surface area contributed by atoms with Crippen LogP contribution in [0.5, 0.6) is 5.75 Å². The van der Waals surface area contributed by atoms with Crippen molar-refractivity contribution < 1.29 is 9.53 Å². The molecule has 1 amide bonds. The van der Waals surface area contributed by atoms with Crippen molar-refractivity contribution in [2.45, 2.75) is 13.5 Å². The molecule has 8 nitrogen and oxygen atoms in total. The second kappa shape index (κ2) is 10.3. The van der Waals surface area contributed by atoms with E-state index in [0.29, 0.717) is 38.3 Å². The zero-order valence-electron chi connectivity index (χ0n) is 19.4. The summed E-state index contributed by atoms with van der Waals surface area (Å²) >= 11 is 12.2. The third-order valence-electron chi connectivity index (χ3n) is 5.48. The average molecular weight is 512 g/mol. The fraction of sp³-hybridized carbons (Fsp3) is 0.200. The number of carbonyl (C=O) groups excluding carboxylic acids is 1. The molecule has 0 aliphatic heterocycles. The Kier molecular flexibility index (Phi) is 7.23. The van der Waals surface area contributed by atoms with Gasteiger partial charge in [-0.1, -0.05) is 23.2 Å². The Hall–Kier alpha value is -3.62. The van der Waals surface area contributed by atoms with Crippen LogP contribution in [0, 0.1) is 0 Å². The second-order valence-corrected chi connectivity index (χ2v) is 8.61. The second-order valence-electron chi connectivity index (χ2n) is 7.80. The van der Waals surface area contributed by atoms with Crippen molar-refractivity contribution in [2.24, 2.45) is 0 Å². The highest BCUT2D eigenvalue weighted by atomic mass is 35.5. The normalized spacial score (nSPS) is 10.9. The third-order valence-corrected chi connectivity index (χ3v) is 6.22. The van der Waals surface area contributed by atoms with Crippen LogP contribution >= 0.6 is 23.2 Å². The predicted octanol–water partition coefficient (Wildman–Crippen LogP) is 4.68. The number of ether oxygens (including phenoxy) is 1. The maximum absolute atomic E-state index is 13.5. The molecule has 1 N–H and O–H groups in total. The summed E-state index contributed by atoms with van der Waals surface area (Å²) in [6.45, 7) is 1.93. The first-order chi connectivity index (χ1) is 16.8. The Morgan fingerprint density at radius 3 is 2.46 bits per heavy atom. The van der Waals surface area contributed by atoms with Crippen molar-refractivity contribution in [1.82, 2.24) is 19.9 Å². The molecule has 2 heterocycles. The number of benzene rings is 2. The smallest absolute Gasteiger partial charge is 0.278 e. The van der Waals surface area contributed by atoms with Crippen molar-refractivity contribution in [3.05, 3.63) is 75.0 Å². The summed E-state index contributed by atoms with van der Waals surface area (Å²) < 4.78 is 6.75. The Labute approximate surface area is 212 Å². The Balaban J connectivity index is 1.83. The zero-order chi connectivity index (χ0) is 25.1. The highest BCUT2D eigenvalue weighted by Gasteiger charge is 2.16. The van der Waals surface area contributed by atoms with Crippen molar-refractivity contribution in [3.8, 4) is 17.0 Å². The molecule has 0 saturated carbocycles. The summed E-state index contributed by atoms with van der Waals surface area (Å²) in [5.41, 5.74) is 2.36. The Bertz CT molecular complexity index is 1450. The molecule has 0 spiro atoms. The Morgan fingerprint density at radius 1 is 1.06 bits per heavy atom. The molecule has 0 fully saturated rings. The molecule has 4 rings (SSSR count). The molecule has 0 radical (unpaired) electrons. The molecule has 4 aromatic rings. The van der Waals surface area contributed by atoms with E-state index in [1.807, 2.05) is 30.1 Å². The fourth-order valence-corrected chi connectivity index (χ4v) is 3.90. The largest absolute Gasteiger partial charge is 0.497 e. The number of anilines is 2. The van der Waals surface area contributed by atoms with E-state index in [2.05, 4.69) is 10.3 Å². The van der Waals surface area contributed by atoms with Crippen LogP contribution in [0.3, 0.4) is 0 Å². The van der Waals surface area contributed by atoms with Crippen LogP contribution in [0.4, 0.5) is 11.5 Å². The fourth-order valence-electron chi connectivity index (χ4n) is 3.61. The summed E-state index contributed by atoms with van der Waals surface area (Å²) in [6, 6.07) is 16.0. The standard InChI is InChI=1S/C25H23Cl2N5O3/c1-15(33)28-12-13-32-24-21(29-23(25(32)34)16-4-7-18(35-3)8-5-16)10-11-22(30-24)31(2)17-6-9-19(26)20(27)14-17/h4-11,14H,12-13H2,1-3H3,(H,28,33). The van der Waals surface area contributed by atoms with E-state index in [1.54, 1.807) is 43.5 Å². The van der Waals surface area contributed by atoms with E-state index >= 15 is 0 Å². The van der Waals surface area contributed by atoms with Crippen molar-refractivity contribution >= 4 is 51.8 Å². The molecule has 0 atom stereocenters. The summed E-state index contributed by atoms with van der Waals surface area (Å²) in [5, 5.41) is 3.62. The lowest BCUT2D eigenvalue weighted by atomic mass is 10.1. The summed E-state index contributed by atoms with van der Waals surface area (Å²) in [4.78, 5) is 36.1. The lowest BCUT2D eigenvalue weighted by Crippen LogP contribution is -2.31. The maximum atomic E-state index is 13.5. The van der Waals surface area contributed by atoms with Gasteiger partial charge < -0.3 is 15.0 Å². The first-order valence-electron chi connectivity index (χ1n) is 10.8. The number of hydrogen-bond donors (Lipinski definition) is 1.